The van der Waals surface area contributed by atoms with Gasteiger partial charge in [0.15, 0.2) is 0 Å². The lowest BCUT2D eigenvalue weighted by molar-refractivity contribution is -0.123. The number of carbonyl (C=O) groups is 1. The summed E-state index contributed by atoms with van der Waals surface area (Å²) < 4.78 is 0. The standard InChI is InChI=1S/C18H28N4O3/c1-10-15(18(25)21-11(2)20-10)9-16(24)22-17(13-7-14(23)8-13)12-3-5-19-6-4-12/h12-14,17,19,23H,3-9H2,1-2H3,(H,22,24)(H,20,21,25)/t13?,14?,17-/m0/s1. The summed E-state index contributed by atoms with van der Waals surface area (Å²) in [6, 6.07) is 0.0794. The van der Waals surface area contributed by atoms with Crippen LogP contribution in [0.1, 0.15) is 42.8 Å². The van der Waals surface area contributed by atoms with Crippen LogP contribution in [0.5, 0.6) is 0 Å². The minimum atomic E-state index is -0.238. The van der Waals surface area contributed by atoms with E-state index in [2.05, 4.69) is 20.6 Å². The van der Waals surface area contributed by atoms with Crippen LogP contribution in [0, 0.1) is 25.7 Å². The van der Waals surface area contributed by atoms with E-state index in [0.29, 0.717) is 28.9 Å². The molecule has 0 bridgehead atoms. The molecule has 0 aromatic carbocycles. The SMILES string of the molecule is Cc1nc(C)c(CC(=O)N[C@@H](C2CCNCC2)C2CC(O)C2)c(=O)[nH]1. The number of piperidine rings is 1. The summed E-state index contributed by atoms with van der Waals surface area (Å²) in [5.41, 5.74) is 0.798. The highest BCUT2D eigenvalue weighted by Crippen LogP contribution is 2.35. The molecule has 1 saturated carbocycles. The summed E-state index contributed by atoms with van der Waals surface area (Å²) >= 11 is 0. The quantitative estimate of drug-likeness (QED) is 0.607. The zero-order chi connectivity index (χ0) is 18.0. The Balaban J connectivity index is 1.69. The van der Waals surface area contributed by atoms with Crippen molar-refractivity contribution in [1.29, 1.82) is 0 Å². The van der Waals surface area contributed by atoms with E-state index in [4.69, 9.17) is 0 Å². The molecule has 7 nitrogen and oxygen atoms in total. The zero-order valence-corrected chi connectivity index (χ0v) is 15.0. The van der Waals surface area contributed by atoms with Crippen molar-refractivity contribution in [2.45, 2.75) is 58.1 Å². The molecule has 1 aromatic rings. The van der Waals surface area contributed by atoms with E-state index in [1.807, 2.05) is 0 Å². The number of aryl methyl sites for hydroxylation is 2. The molecule has 4 N–H and O–H groups in total. The molecule has 2 fully saturated rings. The Hall–Kier alpha value is -1.73. The molecule has 138 valence electrons. The Bertz CT molecular complexity index is 675. The molecule has 1 atom stereocenters. The number of aromatic amines is 1. The molecule has 7 heteroatoms. The number of rotatable bonds is 5. The monoisotopic (exact) mass is 348 g/mol. The Labute approximate surface area is 147 Å². The van der Waals surface area contributed by atoms with E-state index in [-0.39, 0.29) is 30.0 Å². The van der Waals surface area contributed by atoms with Gasteiger partial charge in [0.25, 0.3) is 5.56 Å². The van der Waals surface area contributed by atoms with Gasteiger partial charge in [-0.15, -0.1) is 0 Å². The first-order chi connectivity index (χ1) is 11.9. The average Bonchev–Trinajstić information content (AvgIpc) is 2.54. The van der Waals surface area contributed by atoms with Crippen LogP contribution in [0.15, 0.2) is 4.79 Å². The Morgan fingerprint density at radius 1 is 1.28 bits per heavy atom. The molecule has 1 aromatic heterocycles. The lowest BCUT2D eigenvalue weighted by Crippen LogP contribution is -2.53. The van der Waals surface area contributed by atoms with Crippen LogP contribution in [0.3, 0.4) is 0 Å². The smallest absolute Gasteiger partial charge is 0.254 e. The summed E-state index contributed by atoms with van der Waals surface area (Å²) in [7, 11) is 0. The number of hydrogen-bond acceptors (Lipinski definition) is 5. The molecule has 25 heavy (non-hydrogen) atoms. The van der Waals surface area contributed by atoms with Crippen LogP contribution in [0.2, 0.25) is 0 Å². The van der Waals surface area contributed by atoms with Crippen LogP contribution in [0.25, 0.3) is 0 Å². The minimum Gasteiger partial charge on any atom is -0.393 e. The number of aromatic nitrogens is 2. The second kappa shape index (κ2) is 7.66. The highest BCUT2D eigenvalue weighted by molar-refractivity contribution is 5.79. The van der Waals surface area contributed by atoms with Gasteiger partial charge in [-0.05, 0) is 64.5 Å². The van der Waals surface area contributed by atoms with Crippen molar-refractivity contribution in [3.63, 3.8) is 0 Å². The minimum absolute atomic E-state index is 0.0468. The van der Waals surface area contributed by atoms with E-state index in [1.165, 1.54) is 0 Å². The summed E-state index contributed by atoms with van der Waals surface area (Å²) in [6.45, 7) is 5.42. The molecule has 0 unspecified atom stereocenters. The summed E-state index contributed by atoms with van der Waals surface area (Å²) in [5.74, 6) is 1.18. The third-order valence-corrected chi connectivity index (χ3v) is 5.55. The number of amides is 1. The fourth-order valence-electron chi connectivity index (χ4n) is 4.10. The Morgan fingerprint density at radius 3 is 2.56 bits per heavy atom. The molecule has 1 aliphatic heterocycles. The number of aliphatic hydroxyl groups excluding tert-OH is 1. The van der Waals surface area contributed by atoms with Gasteiger partial charge < -0.3 is 20.7 Å². The Kier molecular flexibility index (Phi) is 5.54. The molecule has 2 aliphatic rings. The van der Waals surface area contributed by atoms with E-state index < -0.39 is 0 Å². The second-order valence-corrected chi connectivity index (χ2v) is 7.46. The van der Waals surface area contributed by atoms with Crippen LogP contribution in [-0.4, -0.2) is 46.2 Å². The first kappa shape index (κ1) is 18.1. The van der Waals surface area contributed by atoms with E-state index >= 15 is 0 Å². The fraction of sp³-hybridized carbons (Fsp3) is 0.722. The van der Waals surface area contributed by atoms with Crippen LogP contribution < -0.4 is 16.2 Å². The van der Waals surface area contributed by atoms with E-state index in [0.717, 1.165) is 38.8 Å². The summed E-state index contributed by atoms with van der Waals surface area (Å²) in [6.07, 6.45) is 3.37. The summed E-state index contributed by atoms with van der Waals surface area (Å²) in [5, 5.41) is 16.2. The van der Waals surface area contributed by atoms with Gasteiger partial charge in [0.1, 0.15) is 5.82 Å². The van der Waals surface area contributed by atoms with Gasteiger partial charge >= 0.3 is 0 Å². The molecule has 1 aliphatic carbocycles. The number of nitrogens with one attached hydrogen (secondary N) is 3. The highest BCUT2D eigenvalue weighted by atomic mass is 16.3. The molecule has 1 saturated heterocycles. The van der Waals surface area contributed by atoms with E-state index in [9.17, 15) is 14.7 Å². The van der Waals surface area contributed by atoms with Gasteiger partial charge in [0.05, 0.1) is 12.5 Å². The number of carbonyl (C=O) groups excluding carboxylic acids is 1. The van der Waals surface area contributed by atoms with Gasteiger partial charge in [-0.2, -0.15) is 0 Å². The van der Waals surface area contributed by atoms with Gasteiger partial charge in [0.2, 0.25) is 5.91 Å². The molecule has 1 amide bonds. The van der Waals surface area contributed by atoms with Crippen molar-refractivity contribution in [3.05, 3.63) is 27.4 Å². The van der Waals surface area contributed by atoms with Gasteiger partial charge in [-0.25, -0.2) is 4.98 Å². The molecular formula is C18H28N4O3. The third kappa shape index (κ3) is 4.27. The maximum Gasteiger partial charge on any atom is 0.254 e. The second-order valence-electron chi connectivity index (χ2n) is 7.46. The van der Waals surface area contributed by atoms with Crippen LogP contribution in [0.4, 0.5) is 0 Å². The largest absolute Gasteiger partial charge is 0.393 e. The van der Waals surface area contributed by atoms with Gasteiger partial charge in [-0.3, -0.25) is 9.59 Å². The van der Waals surface area contributed by atoms with Crippen molar-refractivity contribution in [1.82, 2.24) is 20.6 Å². The van der Waals surface area contributed by atoms with Crippen molar-refractivity contribution < 1.29 is 9.90 Å². The summed E-state index contributed by atoms with van der Waals surface area (Å²) in [4.78, 5) is 31.6. The van der Waals surface area contributed by atoms with Crippen molar-refractivity contribution in [3.8, 4) is 0 Å². The molecule has 2 heterocycles. The molecular weight excluding hydrogens is 320 g/mol. The predicted molar refractivity (Wildman–Crippen MR) is 94.3 cm³/mol. The average molecular weight is 348 g/mol. The van der Waals surface area contributed by atoms with Gasteiger partial charge in [-0.1, -0.05) is 0 Å². The van der Waals surface area contributed by atoms with Gasteiger partial charge in [0, 0.05) is 17.3 Å². The fourth-order valence-corrected chi connectivity index (χ4v) is 4.10. The van der Waals surface area contributed by atoms with Crippen LogP contribution in [-0.2, 0) is 11.2 Å². The lowest BCUT2D eigenvalue weighted by atomic mass is 9.71. The number of aliphatic hydroxyl groups is 1. The third-order valence-electron chi connectivity index (χ3n) is 5.55. The number of hydrogen-bond donors (Lipinski definition) is 4. The number of H-pyrrole nitrogens is 1. The van der Waals surface area contributed by atoms with E-state index in [1.54, 1.807) is 13.8 Å². The topological polar surface area (TPSA) is 107 Å². The highest BCUT2D eigenvalue weighted by Gasteiger charge is 2.39. The maximum absolute atomic E-state index is 12.6. The molecule has 0 spiro atoms. The maximum atomic E-state index is 12.6. The first-order valence-electron chi connectivity index (χ1n) is 9.18. The number of nitrogens with zero attached hydrogens (tertiary/aromatic N) is 1. The van der Waals surface area contributed by atoms with Crippen molar-refractivity contribution in [2.75, 3.05) is 13.1 Å². The lowest BCUT2D eigenvalue weighted by Gasteiger charge is -2.43. The first-order valence-corrected chi connectivity index (χ1v) is 9.18. The molecule has 0 radical (unpaired) electrons. The van der Waals surface area contributed by atoms with Crippen LogP contribution >= 0.6 is 0 Å². The Morgan fingerprint density at radius 2 is 1.96 bits per heavy atom. The zero-order valence-electron chi connectivity index (χ0n) is 15.0. The van der Waals surface area contributed by atoms with Crippen molar-refractivity contribution in [2.24, 2.45) is 11.8 Å². The van der Waals surface area contributed by atoms with Crippen molar-refractivity contribution >= 4 is 5.91 Å². The predicted octanol–water partition coefficient (Wildman–Crippen LogP) is 0.185. The molecule has 3 rings (SSSR count). The normalized spacial score (nSPS) is 25.2.